The number of nitrogens with one attached hydrogen (secondary N) is 1. The number of likely N-dealkylation sites (tertiary alicyclic amines) is 1. The fourth-order valence-electron chi connectivity index (χ4n) is 3.72. The Bertz CT molecular complexity index is 871. The summed E-state index contributed by atoms with van der Waals surface area (Å²) in [5.41, 5.74) is 2.07. The maximum atomic E-state index is 12.5. The largest absolute Gasteiger partial charge is 0.497 e. The van der Waals surface area contributed by atoms with Crippen LogP contribution in [0, 0.1) is 0 Å². The van der Waals surface area contributed by atoms with Gasteiger partial charge in [0.25, 0.3) is 5.91 Å². The van der Waals surface area contributed by atoms with Crippen LogP contribution in [-0.2, 0) is 11.3 Å². The van der Waals surface area contributed by atoms with Gasteiger partial charge in [0.15, 0.2) is 0 Å². The van der Waals surface area contributed by atoms with Crippen LogP contribution in [0.25, 0.3) is 0 Å². The zero-order chi connectivity index (χ0) is 18.9. The summed E-state index contributed by atoms with van der Waals surface area (Å²) in [4.78, 5) is 19.7. The molecule has 1 spiro atoms. The first-order valence-corrected chi connectivity index (χ1v) is 9.48. The van der Waals surface area contributed by atoms with Gasteiger partial charge in [0.05, 0.1) is 7.11 Å². The first-order valence-electron chi connectivity index (χ1n) is 9.10. The lowest BCUT2D eigenvalue weighted by Gasteiger charge is -2.37. The van der Waals surface area contributed by atoms with Crippen LogP contribution in [0.1, 0.15) is 24.0 Å². The van der Waals surface area contributed by atoms with E-state index in [1.165, 1.54) is 5.56 Å². The molecule has 0 bridgehead atoms. The Morgan fingerprint density at radius 3 is 2.59 bits per heavy atom. The maximum absolute atomic E-state index is 12.5. The Balaban J connectivity index is 1.44. The molecule has 1 saturated heterocycles. The van der Waals surface area contributed by atoms with E-state index in [-0.39, 0.29) is 5.91 Å². The third-order valence-electron chi connectivity index (χ3n) is 5.23. The second-order valence-electron chi connectivity index (χ2n) is 7.08. The first-order chi connectivity index (χ1) is 13.1. The summed E-state index contributed by atoms with van der Waals surface area (Å²) >= 11 is 6.08. The monoisotopic (exact) mass is 383 g/mol. The number of halogens is 1. The Morgan fingerprint density at radius 2 is 1.93 bits per heavy atom. The molecule has 0 radical (unpaired) electrons. The van der Waals surface area contributed by atoms with E-state index in [0.717, 1.165) is 48.8 Å². The van der Waals surface area contributed by atoms with Crippen LogP contribution in [-0.4, -0.2) is 42.4 Å². The molecular weight excluding hydrogens is 362 g/mol. The van der Waals surface area contributed by atoms with Gasteiger partial charge in [0, 0.05) is 43.1 Å². The van der Waals surface area contributed by atoms with E-state index >= 15 is 0 Å². The number of carbonyl (C=O) groups is 1. The molecule has 4 rings (SSSR count). The van der Waals surface area contributed by atoms with Crippen molar-refractivity contribution in [3.63, 3.8) is 0 Å². The number of nitrogens with zero attached hydrogens (tertiary/aromatic N) is 2. The topological polar surface area (TPSA) is 53.9 Å². The van der Waals surface area contributed by atoms with Crippen LogP contribution in [0.2, 0.25) is 5.02 Å². The number of methoxy groups -OCH3 is 1. The van der Waals surface area contributed by atoms with E-state index in [0.29, 0.717) is 5.71 Å². The smallest absolute Gasteiger partial charge is 0.272 e. The fraction of sp³-hybridized carbons (Fsp3) is 0.333. The predicted molar refractivity (Wildman–Crippen MR) is 106 cm³/mol. The molecule has 1 amide bonds. The van der Waals surface area contributed by atoms with E-state index in [9.17, 15) is 4.79 Å². The number of hydrogen-bond donors (Lipinski definition) is 1. The van der Waals surface area contributed by atoms with Crippen molar-refractivity contribution in [2.24, 2.45) is 4.99 Å². The quantitative estimate of drug-likeness (QED) is 0.881. The van der Waals surface area contributed by atoms with Gasteiger partial charge < -0.3 is 10.1 Å². The SMILES string of the molecule is COc1ccc(C2=NC3(CCN(Cc4cccc(Cl)c4)CC3)NC2=O)cc1. The minimum absolute atomic E-state index is 0.0940. The van der Waals surface area contributed by atoms with Crippen molar-refractivity contribution in [1.82, 2.24) is 10.2 Å². The average molecular weight is 384 g/mol. The second-order valence-corrected chi connectivity index (χ2v) is 7.52. The molecule has 2 aliphatic rings. The van der Waals surface area contributed by atoms with Crippen molar-refractivity contribution >= 4 is 23.2 Å². The van der Waals surface area contributed by atoms with Gasteiger partial charge in [-0.15, -0.1) is 0 Å². The molecule has 2 heterocycles. The molecule has 2 aromatic rings. The standard InChI is InChI=1S/C21H22ClN3O2/c1-27-18-7-5-16(6-8-18)19-20(26)24-21(23-19)9-11-25(12-10-21)14-15-3-2-4-17(22)13-15/h2-8,13H,9-12,14H2,1H3,(H,24,26). The van der Waals surface area contributed by atoms with Gasteiger partial charge in [0.2, 0.25) is 0 Å². The summed E-state index contributed by atoms with van der Waals surface area (Å²) in [6.07, 6.45) is 1.61. The van der Waals surface area contributed by atoms with Gasteiger partial charge >= 0.3 is 0 Å². The van der Waals surface area contributed by atoms with Crippen LogP contribution in [0.3, 0.4) is 0 Å². The Morgan fingerprint density at radius 1 is 1.19 bits per heavy atom. The lowest BCUT2D eigenvalue weighted by atomic mass is 9.97. The zero-order valence-electron chi connectivity index (χ0n) is 15.2. The predicted octanol–water partition coefficient (Wildman–Crippen LogP) is 3.26. The number of carbonyl (C=O) groups excluding carboxylic acids is 1. The number of rotatable bonds is 4. The van der Waals surface area contributed by atoms with Gasteiger partial charge in [-0.1, -0.05) is 23.7 Å². The highest BCUT2D eigenvalue weighted by Crippen LogP contribution is 2.30. The first kappa shape index (κ1) is 18.0. The van der Waals surface area contributed by atoms with Gasteiger partial charge in [-0.2, -0.15) is 0 Å². The Kier molecular flexibility index (Phi) is 4.89. The van der Waals surface area contributed by atoms with Crippen LogP contribution < -0.4 is 10.1 Å². The van der Waals surface area contributed by atoms with Crippen molar-refractivity contribution in [2.45, 2.75) is 25.0 Å². The molecule has 2 aliphatic heterocycles. The van der Waals surface area contributed by atoms with Crippen molar-refractivity contribution < 1.29 is 9.53 Å². The van der Waals surface area contributed by atoms with Gasteiger partial charge in [-0.3, -0.25) is 14.7 Å². The summed E-state index contributed by atoms with van der Waals surface area (Å²) in [7, 11) is 1.63. The number of piperidine rings is 1. The molecule has 0 unspecified atom stereocenters. The third kappa shape index (κ3) is 3.84. The van der Waals surface area contributed by atoms with E-state index in [1.54, 1.807) is 7.11 Å². The number of ether oxygens (including phenoxy) is 1. The summed E-state index contributed by atoms with van der Waals surface area (Å²) in [6, 6.07) is 15.4. The molecule has 140 valence electrons. The molecule has 0 atom stereocenters. The van der Waals surface area contributed by atoms with E-state index in [1.807, 2.05) is 42.5 Å². The Labute approximate surface area is 164 Å². The summed E-state index contributed by atoms with van der Waals surface area (Å²) in [5.74, 6) is 0.672. The van der Waals surface area contributed by atoms with Gasteiger partial charge in [-0.25, -0.2) is 0 Å². The van der Waals surface area contributed by atoms with E-state index in [2.05, 4.69) is 16.3 Å². The molecule has 1 fully saturated rings. The third-order valence-corrected chi connectivity index (χ3v) is 5.46. The minimum atomic E-state index is -0.475. The molecule has 1 N–H and O–H groups in total. The molecule has 27 heavy (non-hydrogen) atoms. The number of benzene rings is 2. The highest BCUT2D eigenvalue weighted by Gasteiger charge is 2.42. The second kappa shape index (κ2) is 7.33. The summed E-state index contributed by atoms with van der Waals surface area (Å²) < 4.78 is 5.18. The highest BCUT2D eigenvalue weighted by atomic mass is 35.5. The fourth-order valence-corrected chi connectivity index (χ4v) is 3.93. The van der Waals surface area contributed by atoms with Crippen LogP contribution in [0.4, 0.5) is 0 Å². The summed E-state index contributed by atoms with van der Waals surface area (Å²) in [5, 5.41) is 3.88. The van der Waals surface area contributed by atoms with Crippen molar-refractivity contribution in [2.75, 3.05) is 20.2 Å². The number of aliphatic imine (C=N–C) groups is 1. The molecule has 5 nitrogen and oxygen atoms in total. The normalized spacial score (nSPS) is 19.0. The van der Waals surface area contributed by atoms with Crippen molar-refractivity contribution in [3.8, 4) is 5.75 Å². The highest BCUT2D eigenvalue weighted by molar-refractivity contribution is 6.46. The molecule has 0 aromatic heterocycles. The lowest BCUT2D eigenvalue weighted by molar-refractivity contribution is -0.115. The molecule has 0 aliphatic carbocycles. The van der Waals surface area contributed by atoms with Gasteiger partial charge in [0.1, 0.15) is 17.1 Å². The molecule has 0 saturated carbocycles. The molecule has 6 heteroatoms. The summed E-state index contributed by atoms with van der Waals surface area (Å²) in [6.45, 7) is 2.62. The van der Waals surface area contributed by atoms with Crippen molar-refractivity contribution in [1.29, 1.82) is 0 Å². The molecular formula is C21H22ClN3O2. The molecule has 2 aromatic carbocycles. The number of amides is 1. The van der Waals surface area contributed by atoms with Gasteiger partial charge in [-0.05, 0) is 42.0 Å². The van der Waals surface area contributed by atoms with E-state index < -0.39 is 5.66 Å². The lowest BCUT2D eigenvalue weighted by Crippen LogP contribution is -2.50. The van der Waals surface area contributed by atoms with Crippen LogP contribution >= 0.6 is 11.6 Å². The number of hydrogen-bond acceptors (Lipinski definition) is 4. The Hall–Kier alpha value is -2.37. The maximum Gasteiger partial charge on any atom is 0.272 e. The average Bonchev–Trinajstić information content (AvgIpc) is 3.00. The zero-order valence-corrected chi connectivity index (χ0v) is 16.0. The van der Waals surface area contributed by atoms with Crippen molar-refractivity contribution in [3.05, 3.63) is 64.7 Å². The van der Waals surface area contributed by atoms with Crippen LogP contribution in [0.5, 0.6) is 5.75 Å². The van der Waals surface area contributed by atoms with Crippen LogP contribution in [0.15, 0.2) is 53.5 Å². The minimum Gasteiger partial charge on any atom is -0.497 e. The van der Waals surface area contributed by atoms with E-state index in [4.69, 9.17) is 21.3 Å².